The van der Waals surface area contributed by atoms with Gasteiger partial charge in [0.1, 0.15) is 0 Å². The summed E-state index contributed by atoms with van der Waals surface area (Å²) in [6.07, 6.45) is 0. The molecule has 0 aliphatic rings. The molecule has 0 atom stereocenters. The average molecular weight is 258 g/mol. The number of rotatable bonds is 5. The van der Waals surface area contributed by atoms with Crippen LogP contribution in [0, 0.1) is 0 Å². The minimum absolute atomic E-state index is 0.138. The van der Waals surface area contributed by atoms with Gasteiger partial charge in [0.2, 0.25) is 0 Å². The maximum absolute atomic E-state index is 12.1. The van der Waals surface area contributed by atoms with Crippen molar-refractivity contribution >= 4 is 17.5 Å². The van der Waals surface area contributed by atoms with Crippen molar-refractivity contribution in [2.45, 2.75) is 0 Å². The van der Waals surface area contributed by atoms with E-state index in [0.717, 1.165) is 0 Å². The summed E-state index contributed by atoms with van der Waals surface area (Å²) in [5.41, 5.74) is 0.472. The smallest absolute Gasteiger partial charge is 0.257 e. The van der Waals surface area contributed by atoms with Crippen LogP contribution in [0.15, 0.2) is 18.2 Å². The molecule has 0 aromatic heterocycles. The van der Waals surface area contributed by atoms with Crippen molar-refractivity contribution in [1.82, 2.24) is 4.90 Å². The van der Waals surface area contributed by atoms with Crippen molar-refractivity contribution in [3.63, 3.8) is 0 Å². The number of hydrogen-bond acceptors (Lipinski definition) is 3. The monoisotopic (exact) mass is 257 g/mol. The van der Waals surface area contributed by atoms with Gasteiger partial charge in [-0.15, -0.1) is 11.6 Å². The van der Waals surface area contributed by atoms with E-state index in [1.165, 1.54) is 14.2 Å². The summed E-state index contributed by atoms with van der Waals surface area (Å²) in [5, 5.41) is 0. The molecule has 0 radical (unpaired) electrons. The molecule has 0 N–H and O–H groups in total. The summed E-state index contributed by atoms with van der Waals surface area (Å²) in [7, 11) is 4.74. The molecule has 0 aliphatic carbocycles. The molecule has 0 saturated heterocycles. The number of amides is 1. The fourth-order valence-corrected chi connectivity index (χ4v) is 1.74. The maximum Gasteiger partial charge on any atom is 0.257 e. The Bertz CT molecular complexity index is 395. The van der Waals surface area contributed by atoms with Gasteiger partial charge in [0.05, 0.1) is 19.8 Å². The van der Waals surface area contributed by atoms with Crippen LogP contribution in [-0.2, 0) is 0 Å². The Labute approximate surface area is 106 Å². The van der Waals surface area contributed by atoms with Crippen molar-refractivity contribution in [1.29, 1.82) is 0 Å². The lowest BCUT2D eigenvalue weighted by atomic mass is 10.1. The first-order chi connectivity index (χ1) is 8.15. The number of methoxy groups -OCH3 is 2. The summed E-state index contributed by atoms with van der Waals surface area (Å²) >= 11 is 5.61. The van der Waals surface area contributed by atoms with Crippen LogP contribution < -0.4 is 9.47 Å². The molecule has 94 valence electrons. The topological polar surface area (TPSA) is 38.8 Å². The predicted octanol–water partition coefficient (Wildman–Crippen LogP) is 2.01. The molecule has 0 unspecified atom stereocenters. The number of ether oxygens (including phenoxy) is 2. The highest BCUT2D eigenvalue weighted by Gasteiger charge is 2.19. The van der Waals surface area contributed by atoms with Crippen molar-refractivity contribution in [3.05, 3.63) is 23.8 Å². The SMILES string of the molecule is COc1cccc(C(=O)N(C)CCCl)c1OC. The Morgan fingerprint density at radius 2 is 2.06 bits per heavy atom. The van der Waals surface area contributed by atoms with Gasteiger partial charge >= 0.3 is 0 Å². The van der Waals surface area contributed by atoms with Crippen LogP contribution in [0.2, 0.25) is 0 Å². The van der Waals surface area contributed by atoms with Crippen molar-refractivity contribution in [2.24, 2.45) is 0 Å². The lowest BCUT2D eigenvalue weighted by molar-refractivity contribution is 0.0799. The van der Waals surface area contributed by atoms with Crippen LogP contribution in [0.4, 0.5) is 0 Å². The summed E-state index contributed by atoms with van der Waals surface area (Å²) in [6.45, 7) is 0.487. The van der Waals surface area contributed by atoms with E-state index >= 15 is 0 Å². The normalized spacial score (nSPS) is 9.88. The van der Waals surface area contributed by atoms with Gasteiger partial charge in [-0.25, -0.2) is 0 Å². The van der Waals surface area contributed by atoms with Gasteiger partial charge < -0.3 is 14.4 Å². The van der Waals surface area contributed by atoms with Gasteiger partial charge in [0.25, 0.3) is 5.91 Å². The van der Waals surface area contributed by atoms with Gasteiger partial charge in [-0.2, -0.15) is 0 Å². The highest BCUT2D eigenvalue weighted by atomic mass is 35.5. The molecule has 1 aromatic rings. The van der Waals surface area contributed by atoms with E-state index in [9.17, 15) is 4.79 Å². The fraction of sp³-hybridized carbons (Fsp3) is 0.417. The minimum atomic E-state index is -0.138. The van der Waals surface area contributed by atoms with E-state index in [-0.39, 0.29) is 5.91 Å². The van der Waals surface area contributed by atoms with Crippen LogP contribution in [0.1, 0.15) is 10.4 Å². The van der Waals surface area contributed by atoms with Gasteiger partial charge in [-0.05, 0) is 12.1 Å². The van der Waals surface area contributed by atoms with E-state index in [0.29, 0.717) is 29.5 Å². The van der Waals surface area contributed by atoms with E-state index in [1.807, 2.05) is 0 Å². The molecule has 0 fully saturated rings. The number of benzene rings is 1. The number of carbonyl (C=O) groups excluding carboxylic acids is 1. The predicted molar refractivity (Wildman–Crippen MR) is 67.2 cm³/mol. The Morgan fingerprint density at radius 3 is 2.59 bits per heavy atom. The first-order valence-electron chi connectivity index (χ1n) is 5.18. The van der Waals surface area contributed by atoms with Crippen LogP contribution in [0.25, 0.3) is 0 Å². The number of carbonyl (C=O) groups is 1. The Balaban J connectivity index is 3.08. The number of para-hydroxylation sites is 1. The van der Waals surface area contributed by atoms with Crippen LogP contribution in [0.3, 0.4) is 0 Å². The van der Waals surface area contributed by atoms with E-state index < -0.39 is 0 Å². The van der Waals surface area contributed by atoms with E-state index in [1.54, 1.807) is 30.1 Å². The van der Waals surface area contributed by atoms with Crippen LogP contribution in [0.5, 0.6) is 11.5 Å². The minimum Gasteiger partial charge on any atom is -0.493 e. The first-order valence-corrected chi connectivity index (χ1v) is 5.71. The number of nitrogens with zero attached hydrogens (tertiary/aromatic N) is 1. The molecular formula is C12H16ClNO3. The zero-order valence-corrected chi connectivity index (χ0v) is 11.0. The molecule has 1 amide bonds. The first kappa shape index (κ1) is 13.6. The Hall–Kier alpha value is -1.42. The fourth-order valence-electron chi connectivity index (χ4n) is 1.49. The quantitative estimate of drug-likeness (QED) is 0.758. The molecule has 1 aromatic carbocycles. The highest BCUT2D eigenvalue weighted by Crippen LogP contribution is 2.31. The van der Waals surface area contributed by atoms with Crippen LogP contribution >= 0.6 is 11.6 Å². The maximum atomic E-state index is 12.1. The zero-order chi connectivity index (χ0) is 12.8. The molecule has 0 spiro atoms. The molecule has 0 heterocycles. The zero-order valence-electron chi connectivity index (χ0n) is 10.2. The third-order valence-electron chi connectivity index (χ3n) is 2.40. The number of halogens is 1. The summed E-state index contributed by atoms with van der Waals surface area (Å²) < 4.78 is 10.4. The van der Waals surface area contributed by atoms with Crippen molar-refractivity contribution in [2.75, 3.05) is 33.7 Å². The second-order valence-corrected chi connectivity index (χ2v) is 3.83. The third-order valence-corrected chi connectivity index (χ3v) is 2.57. The highest BCUT2D eigenvalue weighted by molar-refractivity contribution is 6.18. The van der Waals surface area contributed by atoms with Crippen molar-refractivity contribution < 1.29 is 14.3 Å². The third kappa shape index (κ3) is 3.03. The van der Waals surface area contributed by atoms with E-state index in [4.69, 9.17) is 21.1 Å². The van der Waals surface area contributed by atoms with Crippen molar-refractivity contribution in [3.8, 4) is 11.5 Å². The van der Waals surface area contributed by atoms with Gasteiger partial charge in [0, 0.05) is 19.5 Å². The number of hydrogen-bond donors (Lipinski definition) is 0. The second-order valence-electron chi connectivity index (χ2n) is 3.46. The van der Waals surface area contributed by atoms with Gasteiger partial charge in [-0.1, -0.05) is 6.07 Å². The van der Waals surface area contributed by atoms with Gasteiger partial charge in [-0.3, -0.25) is 4.79 Å². The standard InChI is InChI=1S/C12H16ClNO3/c1-14(8-7-13)12(15)9-5-4-6-10(16-2)11(9)17-3/h4-6H,7-8H2,1-3H3. The Kier molecular flexibility index (Phi) is 5.10. The summed E-state index contributed by atoms with van der Waals surface area (Å²) in [4.78, 5) is 13.7. The summed E-state index contributed by atoms with van der Waals surface area (Å²) in [6, 6.07) is 5.20. The molecular weight excluding hydrogens is 242 g/mol. The van der Waals surface area contributed by atoms with Crippen LogP contribution in [-0.4, -0.2) is 44.5 Å². The summed E-state index contributed by atoms with van der Waals surface area (Å²) in [5.74, 6) is 1.24. The number of alkyl halides is 1. The second kappa shape index (κ2) is 6.35. The van der Waals surface area contributed by atoms with Gasteiger partial charge in [0.15, 0.2) is 11.5 Å². The average Bonchev–Trinajstić information content (AvgIpc) is 2.36. The largest absolute Gasteiger partial charge is 0.493 e. The molecule has 17 heavy (non-hydrogen) atoms. The molecule has 0 bridgehead atoms. The Morgan fingerprint density at radius 1 is 1.35 bits per heavy atom. The van der Waals surface area contributed by atoms with E-state index in [2.05, 4.69) is 0 Å². The molecule has 4 nitrogen and oxygen atoms in total. The molecule has 5 heteroatoms. The molecule has 1 rings (SSSR count). The lowest BCUT2D eigenvalue weighted by Crippen LogP contribution is -2.28. The molecule has 0 aliphatic heterocycles. The molecule has 0 saturated carbocycles. The lowest BCUT2D eigenvalue weighted by Gasteiger charge is -2.18.